The largest absolute Gasteiger partial charge is 0.294 e. The number of hydrogen-bond acceptors (Lipinski definition) is 4. The highest BCUT2D eigenvalue weighted by molar-refractivity contribution is 7.99. The summed E-state index contributed by atoms with van der Waals surface area (Å²) in [5, 5.41) is 9.90. The predicted molar refractivity (Wildman–Crippen MR) is 100 cm³/mol. The number of carbonyl (C=O) groups excluding carboxylic acids is 1. The molecule has 0 spiro atoms. The Morgan fingerprint density at radius 1 is 1.12 bits per heavy atom. The fourth-order valence-electron chi connectivity index (χ4n) is 2.97. The van der Waals surface area contributed by atoms with Crippen LogP contribution in [-0.2, 0) is 5.54 Å². The van der Waals surface area contributed by atoms with E-state index in [4.69, 9.17) is 0 Å². The van der Waals surface area contributed by atoms with Gasteiger partial charge in [0.1, 0.15) is 5.54 Å². The fraction of sp³-hybridized carbons (Fsp3) is 0.300. The third-order valence-electron chi connectivity index (χ3n) is 4.31. The SMILES string of the molecule is CSC(CC(=O)c1ccccc1)C(C#N)(c1ccccc1)N(C)C. The topological polar surface area (TPSA) is 44.1 Å². The van der Waals surface area contributed by atoms with Gasteiger partial charge in [0.25, 0.3) is 0 Å². The maximum atomic E-state index is 12.7. The second-order valence-corrected chi connectivity index (χ2v) is 6.90. The molecule has 2 atom stereocenters. The summed E-state index contributed by atoms with van der Waals surface area (Å²) in [5.74, 6) is 0.0624. The van der Waals surface area contributed by atoms with Gasteiger partial charge in [-0.25, -0.2) is 0 Å². The molecule has 0 aromatic heterocycles. The first-order valence-corrected chi connectivity index (χ1v) is 9.10. The van der Waals surface area contributed by atoms with Crippen molar-refractivity contribution >= 4 is 17.5 Å². The Morgan fingerprint density at radius 3 is 2.12 bits per heavy atom. The van der Waals surface area contributed by atoms with Crippen molar-refractivity contribution in [3.05, 3.63) is 71.8 Å². The van der Waals surface area contributed by atoms with E-state index in [0.29, 0.717) is 12.0 Å². The molecular formula is C20H22N2OS. The van der Waals surface area contributed by atoms with Gasteiger partial charge in [0.15, 0.2) is 5.78 Å². The van der Waals surface area contributed by atoms with Crippen molar-refractivity contribution in [1.29, 1.82) is 5.26 Å². The van der Waals surface area contributed by atoms with E-state index in [9.17, 15) is 10.1 Å². The molecule has 0 fully saturated rings. The molecule has 0 N–H and O–H groups in total. The Hall–Kier alpha value is -2.09. The van der Waals surface area contributed by atoms with Crippen LogP contribution in [0.5, 0.6) is 0 Å². The standard InChI is InChI=1S/C20H22N2OS/c1-22(2)20(15-21,17-12-8-5-9-13-17)19(24-3)14-18(23)16-10-6-4-7-11-16/h4-13,19H,14H2,1-3H3. The number of rotatable bonds is 7. The molecule has 3 nitrogen and oxygen atoms in total. The molecule has 0 aliphatic carbocycles. The summed E-state index contributed by atoms with van der Waals surface area (Å²) in [5.41, 5.74) is 0.749. The molecule has 0 aliphatic heterocycles. The van der Waals surface area contributed by atoms with Gasteiger partial charge in [0.05, 0.1) is 6.07 Å². The van der Waals surface area contributed by atoms with Crippen molar-refractivity contribution in [2.75, 3.05) is 20.4 Å². The van der Waals surface area contributed by atoms with Gasteiger partial charge in [-0.1, -0.05) is 60.7 Å². The number of nitriles is 1. The lowest BCUT2D eigenvalue weighted by molar-refractivity contribution is 0.0958. The summed E-state index contributed by atoms with van der Waals surface area (Å²) in [7, 11) is 3.79. The zero-order valence-corrected chi connectivity index (χ0v) is 15.1. The zero-order valence-electron chi connectivity index (χ0n) is 14.3. The first-order valence-electron chi connectivity index (χ1n) is 7.81. The maximum absolute atomic E-state index is 12.7. The minimum Gasteiger partial charge on any atom is -0.294 e. The highest BCUT2D eigenvalue weighted by atomic mass is 32.2. The number of ketones is 1. The van der Waals surface area contributed by atoms with E-state index in [-0.39, 0.29) is 11.0 Å². The molecule has 2 aromatic rings. The normalized spacial score (nSPS) is 14.6. The summed E-state index contributed by atoms with van der Waals surface area (Å²) in [6.45, 7) is 0. The zero-order chi connectivity index (χ0) is 17.6. The summed E-state index contributed by atoms with van der Waals surface area (Å²) >= 11 is 1.56. The molecule has 4 heteroatoms. The van der Waals surface area contributed by atoms with Crippen molar-refractivity contribution < 1.29 is 4.79 Å². The van der Waals surface area contributed by atoms with Gasteiger partial charge in [0, 0.05) is 17.2 Å². The van der Waals surface area contributed by atoms with E-state index in [1.165, 1.54) is 0 Å². The lowest BCUT2D eigenvalue weighted by Crippen LogP contribution is -2.49. The van der Waals surface area contributed by atoms with Gasteiger partial charge in [-0.2, -0.15) is 17.0 Å². The maximum Gasteiger partial charge on any atom is 0.164 e. The first-order chi connectivity index (χ1) is 11.6. The van der Waals surface area contributed by atoms with Crippen LogP contribution in [-0.4, -0.2) is 36.3 Å². The second kappa shape index (κ2) is 8.14. The molecule has 2 aromatic carbocycles. The quantitative estimate of drug-likeness (QED) is 0.717. The van der Waals surface area contributed by atoms with Gasteiger partial charge in [0.2, 0.25) is 0 Å². The Bertz CT molecular complexity index is 709. The molecule has 2 unspecified atom stereocenters. The van der Waals surface area contributed by atoms with Gasteiger partial charge < -0.3 is 0 Å². The van der Waals surface area contributed by atoms with E-state index in [0.717, 1.165) is 5.56 Å². The molecule has 0 bridgehead atoms. The van der Waals surface area contributed by atoms with Gasteiger partial charge >= 0.3 is 0 Å². The molecule has 24 heavy (non-hydrogen) atoms. The summed E-state index contributed by atoms with van der Waals surface area (Å²) in [4.78, 5) is 14.6. The average Bonchev–Trinajstić information content (AvgIpc) is 2.63. The lowest BCUT2D eigenvalue weighted by Gasteiger charge is -2.39. The van der Waals surface area contributed by atoms with Crippen molar-refractivity contribution in [3.63, 3.8) is 0 Å². The molecule has 0 amide bonds. The number of carbonyl (C=O) groups is 1. The summed E-state index contributed by atoms with van der Waals surface area (Å²) in [6, 6.07) is 21.5. The Labute approximate surface area is 148 Å². The number of benzene rings is 2. The third-order valence-corrected chi connectivity index (χ3v) is 5.38. The highest BCUT2D eigenvalue weighted by Gasteiger charge is 2.43. The minimum absolute atomic E-state index is 0.0624. The van der Waals surface area contributed by atoms with Crippen LogP contribution in [0.1, 0.15) is 22.3 Å². The number of thioether (sulfide) groups is 1. The van der Waals surface area contributed by atoms with Crippen LogP contribution in [0, 0.1) is 11.3 Å². The van der Waals surface area contributed by atoms with Crippen LogP contribution in [0.4, 0.5) is 0 Å². The van der Waals surface area contributed by atoms with Gasteiger partial charge in [-0.05, 0) is 25.9 Å². The molecular weight excluding hydrogens is 316 g/mol. The first kappa shape index (κ1) is 18.3. The number of hydrogen-bond donors (Lipinski definition) is 0. The van der Waals surface area contributed by atoms with E-state index < -0.39 is 5.54 Å². The van der Waals surface area contributed by atoms with Crippen molar-refractivity contribution in [2.24, 2.45) is 0 Å². The van der Waals surface area contributed by atoms with Crippen molar-refractivity contribution in [1.82, 2.24) is 4.90 Å². The molecule has 124 valence electrons. The van der Waals surface area contributed by atoms with E-state index in [1.54, 1.807) is 11.8 Å². The van der Waals surface area contributed by atoms with Crippen molar-refractivity contribution in [3.8, 4) is 6.07 Å². The Balaban J connectivity index is 2.40. The molecule has 0 radical (unpaired) electrons. The number of nitrogens with zero attached hydrogens (tertiary/aromatic N) is 2. The van der Waals surface area contributed by atoms with Crippen LogP contribution >= 0.6 is 11.8 Å². The smallest absolute Gasteiger partial charge is 0.164 e. The van der Waals surface area contributed by atoms with Crippen molar-refractivity contribution in [2.45, 2.75) is 17.2 Å². The molecule has 0 saturated carbocycles. The average molecular weight is 338 g/mol. The van der Waals surface area contributed by atoms with Gasteiger partial charge in [-0.15, -0.1) is 0 Å². The van der Waals surface area contributed by atoms with E-state index >= 15 is 0 Å². The Morgan fingerprint density at radius 2 is 1.67 bits per heavy atom. The molecule has 0 aliphatic rings. The fourth-order valence-corrected chi connectivity index (χ4v) is 4.03. The monoisotopic (exact) mass is 338 g/mol. The third kappa shape index (κ3) is 3.53. The molecule has 0 heterocycles. The summed E-state index contributed by atoms with van der Waals surface area (Å²) in [6.07, 6.45) is 2.27. The molecule has 0 saturated heterocycles. The minimum atomic E-state index is -0.856. The van der Waals surface area contributed by atoms with Crippen LogP contribution in [0.3, 0.4) is 0 Å². The van der Waals surface area contributed by atoms with Crippen LogP contribution < -0.4 is 0 Å². The van der Waals surface area contributed by atoms with Crippen LogP contribution in [0.2, 0.25) is 0 Å². The molecule has 2 rings (SSSR count). The number of Topliss-reactive ketones (excluding diaryl/α,β-unsaturated/α-hetero) is 1. The second-order valence-electron chi connectivity index (χ2n) is 5.86. The van der Waals surface area contributed by atoms with E-state index in [2.05, 4.69) is 6.07 Å². The summed E-state index contributed by atoms with van der Waals surface area (Å²) < 4.78 is 0. The predicted octanol–water partition coefficient (Wildman–Crippen LogP) is 3.97. The highest BCUT2D eigenvalue weighted by Crippen LogP contribution is 2.38. The van der Waals surface area contributed by atoms with Crippen LogP contribution in [0.25, 0.3) is 0 Å². The van der Waals surface area contributed by atoms with Crippen LogP contribution in [0.15, 0.2) is 60.7 Å². The van der Waals surface area contributed by atoms with Gasteiger partial charge in [-0.3, -0.25) is 9.69 Å². The lowest BCUT2D eigenvalue weighted by atomic mass is 9.83. The Kier molecular flexibility index (Phi) is 6.19. The van der Waals surface area contributed by atoms with E-state index in [1.807, 2.05) is 85.9 Å².